The second-order valence-electron chi connectivity index (χ2n) is 5.40. The molecule has 2 heteroatoms. The number of hydrogen-bond acceptors (Lipinski definition) is 1. The van der Waals surface area contributed by atoms with E-state index in [1.165, 1.54) is 44.9 Å². The molecule has 13 heavy (non-hydrogen) atoms. The van der Waals surface area contributed by atoms with Crippen molar-refractivity contribution in [2.75, 3.05) is 6.54 Å². The average Bonchev–Trinajstić information content (AvgIpc) is 2.15. The molecule has 0 aromatic heterocycles. The van der Waals surface area contributed by atoms with Crippen LogP contribution in [0.5, 0.6) is 0 Å². The molecule has 0 amide bonds. The zero-order chi connectivity index (χ0) is 9.73. The highest BCUT2D eigenvalue weighted by molar-refractivity contribution is 6.14. The minimum Gasteiger partial charge on any atom is -0.330 e. The second-order valence-corrected chi connectivity index (χ2v) is 5.40. The maximum atomic E-state index is 5.74. The molecule has 1 nitrogen and oxygen atoms in total. The van der Waals surface area contributed by atoms with Crippen LogP contribution in [0.15, 0.2) is 0 Å². The van der Waals surface area contributed by atoms with Gasteiger partial charge in [0.1, 0.15) is 7.85 Å². The maximum absolute atomic E-state index is 5.74. The summed E-state index contributed by atoms with van der Waals surface area (Å²) in [6.07, 6.45) is 9.71. The third kappa shape index (κ3) is 4.17. The van der Waals surface area contributed by atoms with Gasteiger partial charge >= 0.3 is 0 Å². The Hall–Kier alpha value is 0.0249. The molecule has 2 atom stereocenters. The lowest BCUT2D eigenvalue weighted by atomic mass is 9.64. The molecule has 0 spiro atoms. The van der Waals surface area contributed by atoms with Gasteiger partial charge in [-0.25, -0.2) is 0 Å². The summed E-state index contributed by atoms with van der Waals surface area (Å²) in [4.78, 5) is 0. The molecule has 76 valence electrons. The monoisotopic (exact) mass is 181 g/mol. The van der Waals surface area contributed by atoms with Gasteiger partial charge in [-0.3, -0.25) is 0 Å². The molecule has 1 fully saturated rings. The number of rotatable bonds is 1. The van der Waals surface area contributed by atoms with Crippen molar-refractivity contribution in [2.24, 2.45) is 11.7 Å². The Labute approximate surface area is 83.9 Å². The van der Waals surface area contributed by atoms with Crippen molar-refractivity contribution in [3.05, 3.63) is 0 Å². The van der Waals surface area contributed by atoms with Crippen molar-refractivity contribution in [1.82, 2.24) is 0 Å². The van der Waals surface area contributed by atoms with E-state index in [4.69, 9.17) is 5.73 Å². The van der Waals surface area contributed by atoms with E-state index in [0.29, 0.717) is 5.31 Å². The van der Waals surface area contributed by atoms with Gasteiger partial charge in [0.05, 0.1) is 0 Å². The lowest BCUT2D eigenvalue weighted by Crippen LogP contribution is -2.14. The van der Waals surface area contributed by atoms with Crippen molar-refractivity contribution in [2.45, 2.75) is 57.2 Å². The minimum atomic E-state index is 0.587. The van der Waals surface area contributed by atoms with Crippen LogP contribution in [0, 0.1) is 5.92 Å². The van der Waals surface area contributed by atoms with Crippen LogP contribution in [0.2, 0.25) is 5.31 Å². The predicted molar refractivity (Wildman–Crippen MR) is 61.8 cm³/mol. The minimum absolute atomic E-state index is 0.587. The molecule has 0 aromatic rings. The Bertz CT molecular complexity index is 145. The Morgan fingerprint density at radius 3 is 2.54 bits per heavy atom. The summed E-state index contributed by atoms with van der Waals surface area (Å²) >= 11 is 0. The summed E-state index contributed by atoms with van der Waals surface area (Å²) in [5, 5.41) is 0.587. The summed E-state index contributed by atoms with van der Waals surface area (Å²) < 4.78 is 0. The fourth-order valence-electron chi connectivity index (χ4n) is 2.41. The highest BCUT2D eigenvalue weighted by Gasteiger charge is 2.20. The van der Waals surface area contributed by atoms with Gasteiger partial charge in [-0.05, 0) is 25.3 Å². The van der Waals surface area contributed by atoms with Gasteiger partial charge in [-0.2, -0.15) is 0 Å². The van der Waals surface area contributed by atoms with Gasteiger partial charge in [-0.1, -0.05) is 44.3 Å². The maximum Gasteiger partial charge on any atom is 0.109 e. The Morgan fingerprint density at radius 1 is 1.23 bits per heavy atom. The number of nitrogens with two attached hydrogens (primary N) is 1. The van der Waals surface area contributed by atoms with E-state index >= 15 is 0 Å². The Kier molecular flexibility index (Phi) is 4.31. The van der Waals surface area contributed by atoms with Crippen LogP contribution in [0.4, 0.5) is 0 Å². The largest absolute Gasteiger partial charge is 0.330 e. The molecular formula is C11H24BN. The molecule has 0 aliphatic heterocycles. The summed E-state index contributed by atoms with van der Waals surface area (Å²) in [6, 6.07) is 0. The fraction of sp³-hybridized carbons (Fsp3) is 1.00. The average molecular weight is 181 g/mol. The zero-order valence-corrected chi connectivity index (χ0v) is 9.31. The summed E-state index contributed by atoms with van der Waals surface area (Å²) in [7, 11) is 2.41. The molecule has 1 saturated carbocycles. The van der Waals surface area contributed by atoms with E-state index < -0.39 is 0 Å². The molecule has 0 bridgehead atoms. The molecule has 1 aliphatic rings. The van der Waals surface area contributed by atoms with Crippen molar-refractivity contribution in [1.29, 1.82) is 0 Å². The van der Waals surface area contributed by atoms with Gasteiger partial charge in [0.25, 0.3) is 0 Å². The van der Waals surface area contributed by atoms with Gasteiger partial charge < -0.3 is 5.73 Å². The van der Waals surface area contributed by atoms with Crippen molar-refractivity contribution in [3.8, 4) is 0 Å². The normalized spacial score (nSPS) is 37.5. The molecule has 0 heterocycles. The molecule has 1 aliphatic carbocycles. The van der Waals surface area contributed by atoms with Crippen LogP contribution < -0.4 is 5.73 Å². The lowest BCUT2D eigenvalue weighted by Gasteiger charge is -2.23. The third-order valence-electron chi connectivity index (χ3n) is 3.52. The first-order valence-electron chi connectivity index (χ1n) is 5.84. The van der Waals surface area contributed by atoms with Crippen LogP contribution in [0.25, 0.3) is 0 Å². The van der Waals surface area contributed by atoms with Crippen LogP contribution in [-0.4, -0.2) is 14.4 Å². The molecule has 2 unspecified atom stereocenters. The lowest BCUT2D eigenvalue weighted by molar-refractivity contribution is 0.432. The molecule has 0 radical (unpaired) electrons. The first-order valence-corrected chi connectivity index (χ1v) is 5.84. The van der Waals surface area contributed by atoms with E-state index in [1.54, 1.807) is 0 Å². The van der Waals surface area contributed by atoms with E-state index in [9.17, 15) is 0 Å². The first-order chi connectivity index (χ1) is 6.14. The second kappa shape index (κ2) is 5.04. The van der Waals surface area contributed by atoms with E-state index in [2.05, 4.69) is 14.8 Å². The fourth-order valence-corrected chi connectivity index (χ4v) is 2.41. The quantitative estimate of drug-likeness (QED) is 0.616. The molecule has 0 saturated heterocycles. The highest BCUT2D eigenvalue weighted by atomic mass is 14.5. The Balaban J connectivity index is 2.38. The van der Waals surface area contributed by atoms with Gasteiger partial charge in [0.15, 0.2) is 0 Å². The zero-order valence-electron chi connectivity index (χ0n) is 9.31. The SMILES string of the molecule is BC1(C)CCCCC(CN)CCC1. The van der Waals surface area contributed by atoms with Gasteiger partial charge in [-0.15, -0.1) is 0 Å². The van der Waals surface area contributed by atoms with E-state index in [0.717, 1.165) is 12.5 Å². The van der Waals surface area contributed by atoms with Crippen molar-refractivity contribution >= 4 is 7.85 Å². The van der Waals surface area contributed by atoms with E-state index in [1.807, 2.05) is 0 Å². The summed E-state index contributed by atoms with van der Waals surface area (Å²) in [5.74, 6) is 0.814. The molecule has 0 aromatic carbocycles. The van der Waals surface area contributed by atoms with Crippen LogP contribution in [-0.2, 0) is 0 Å². The van der Waals surface area contributed by atoms with Crippen LogP contribution >= 0.6 is 0 Å². The molecule has 2 N–H and O–H groups in total. The smallest absolute Gasteiger partial charge is 0.109 e. The first kappa shape index (κ1) is 11.1. The molecular weight excluding hydrogens is 157 g/mol. The summed E-state index contributed by atoms with van der Waals surface area (Å²) in [6.45, 7) is 3.32. The molecule has 1 rings (SSSR count). The Morgan fingerprint density at radius 2 is 1.85 bits per heavy atom. The van der Waals surface area contributed by atoms with E-state index in [-0.39, 0.29) is 0 Å². The van der Waals surface area contributed by atoms with Crippen molar-refractivity contribution < 1.29 is 0 Å². The predicted octanol–water partition coefficient (Wildman–Crippen LogP) is 2.12. The van der Waals surface area contributed by atoms with Crippen LogP contribution in [0.3, 0.4) is 0 Å². The van der Waals surface area contributed by atoms with Gasteiger partial charge in [0.2, 0.25) is 0 Å². The van der Waals surface area contributed by atoms with Crippen LogP contribution in [0.1, 0.15) is 51.9 Å². The van der Waals surface area contributed by atoms with Gasteiger partial charge in [0, 0.05) is 0 Å². The summed E-state index contributed by atoms with van der Waals surface area (Å²) in [5.41, 5.74) is 5.74. The van der Waals surface area contributed by atoms with Crippen molar-refractivity contribution in [3.63, 3.8) is 0 Å². The topological polar surface area (TPSA) is 26.0 Å². The highest BCUT2D eigenvalue weighted by Crippen LogP contribution is 2.36. The standard InChI is InChI=1S/C11H24BN/c1-11(12)7-3-2-5-10(9-13)6-4-8-11/h10H,2-9,12-13H2,1H3. The number of hydrogen-bond donors (Lipinski definition) is 1. The third-order valence-corrected chi connectivity index (χ3v) is 3.52.